The van der Waals surface area contributed by atoms with Crippen molar-refractivity contribution in [3.8, 4) is 17.2 Å². The van der Waals surface area contributed by atoms with Crippen LogP contribution in [0.1, 0.15) is 0 Å². The Morgan fingerprint density at radius 2 is 1.88 bits per heavy atom. The Morgan fingerprint density at radius 1 is 1.16 bits per heavy atom. The molecule has 2 unspecified atom stereocenters. The summed E-state index contributed by atoms with van der Waals surface area (Å²) in [4.78, 5) is 11.3. The number of methoxy groups -OCH3 is 3. The lowest BCUT2D eigenvalue weighted by molar-refractivity contribution is -0.144. The van der Waals surface area contributed by atoms with Gasteiger partial charge in [0.1, 0.15) is 11.9 Å². The smallest absolute Gasteiger partial charge is 0.340 e. The Labute approximate surface area is 143 Å². The summed E-state index contributed by atoms with van der Waals surface area (Å²) in [6.07, 6.45) is 4.89. The topological polar surface area (TPSA) is 94.5 Å². The number of rotatable bonds is 5. The molecule has 132 valence electrons. The molecule has 2 atom stereocenters. The number of ether oxygens (including phenoxy) is 4. The summed E-state index contributed by atoms with van der Waals surface area (Å²) in [6, 6.07) is 1.58. The molecule has 2 aliphatic rings. The molecule has 0 spiro atoms. The molecule has 1 aliphatic carbocycles. The lowest BCUT2D eigenvalue weighted by atomic mass is 9.95. The van der Waals surface area contributed by atoms with Crippen molar-refractivity contribution in [3.63, 3.8) is 0 Å². The highest BCUT2D eigenvalue weighted by Crippen LogP contribution is 2.35. The molecule has 7 nitrogen and oxygen atoms in total. The van der Waals surface area contributed by atoms with E-state index in [2.05, 4.69) is 0 Å². The maximum absolute atomic E-state index is 11.3. The standard InChI is InChI=1S/C18H18O7/c1-22-12-8-10-13(17(24-3)16(12)23-2)9-6-4-5-7-11(9)25-15(10)14(19)18(20)21/h4-8,11,14,19H,1-3H3,(H,20,21). The van der Waals surface area contributed by atoms with Crippen molar-refractivity contribution >= 4 is 17.3 Å². The summed E-state index contributed by atoms with van der Waals surface area (Å²) in [5.41, 5.74) is 0.775. The number of aliphatic hydroxyl groups excluding tert-OH is 1. The molecule has 0 radical (unpaired) electrons. The minimum absolute atomic E-state index is 0.0737. The zero-order valence-corrected chi connectivity index (χ0v) is 14.0. The van der Waals surface area contributed by atoms with Crippen molar-refractivity contribution in [2.24, 2.45) is 0 Å². The average Bonchev–Trinajstić information content (AvgIpc) is 2.64. The zero-order chi connectivity index (χ0) is 18.1. The summed E-state index contributed by atoms with van der Waals surface area (Å²) >= 11 is 0. The number of allylic oxidation sites excluding steroid dienone is 2. The number of hydrogen-bond acceptors (Lipinski definition) is 6. The van der Waals surface area contributed by atoms with Crippen molar-refractivity contribution in [1.29, 1.82) is 0 Å². The van der Waals surface area contributed by atoms with E-state index in [-0.39, 0.29) is 5.76 Å². The molecule has 0 fully saturated rings. The van der Waals surface area contributed by atoms with Crippen LogP contribution in [0.5, 0.6) is 17.2 Å². The van der Waals surface area contributed by atoms with Crippen LogP contribution in [0.3, 0.4) is 0 Å². The van der Waals surface area contributed by atoms with Crippen LogP contribution in [-0.4, -0.2) is 49.7 Å². The molecular formula is C18H18O7. The van der Waals surface area contributed by atoms with E-state index in [1.807, 2.05) is 12.2 Å². The number of aliphatic carboxylic acids is 1. The SMILES string of the molecule is COc1cc2c(c(OC)c1OC)=C1C=CC=CC1OC=2C(O)C(=O)O. The summed E-state index contributed by atoms with van der Waals surface area (Å²) in [5, 5.41) is 20.3. The second-order valence-electron chi connectivity index (χ2n) is 5.41. The Bertz CT molecular complexity index is 895. The number of carboxylic acid groups (broad SMARTS) is 1. The van der Waals surface area contributed by atoms with Crippen LogP contribution < -0.4 is 24.6 Å². The molecule has 3 rings (SSSR count). The van der Waals surface area contributed by atoms with Gasteiger partial charge in [0.2, 0.25) is 11.9 Å². The van der Waals surface area contributed by atoms with Crippen molar-refractivity contribution in [2.75, 3.05) is 21.3 Å². The van der Waals surface area contributed by atoms with E-state index in [0.29, 0.717) is 27.7 Å². The first-order valence-corrected chi connectivity index (χ1v) is 7.53. The van der Waals surface area contributed by atoms with E-state index in [9.17, 15) is 15.0 Å². The van der Waals surface area contributed by atoms with E-state index in [1.165, 1.54) is 21.3 Å². The number of carbonyl (C=O) groups is 1. The molecular weight excluding hydrogens is 328 g/mol. The third-order valence-corrected chi connectivity index (χ3v) is 4.10. The average molecular weight is 346 g/mol. The second kappa shape index (κ2) is 6.52. The van der Waals surface area contributed by atoms with Gasteiger partial charge in [-0.3, -0.25) is 0 Å². The molecule has 0 amide bonds. The van der Waals surface area contributed by atoms with Gasteiger partial charge < -0.3 is 29.2 Å². The van der Waals surface area contributed by atoms with Gasteiger partial charge in [-0.2, -0.15) is 0 Å². The summed E-state index contributed by atoms with van der Waals surface area (Å²) in [7, 11) is 4.43. The van der Waals surface area contributed by atoms with Gasteiger partial charge >= 0.3 is 5.97 Å². The van der Waals surface area contributed by atoms with Crippen LogP contribution in [0.25, 0.3) is 11.3 Å². The third-order valence-electron chi connectivity index (χ3n) is 4.10. The normalized spacial score (nSPS) is 18.8. The summed E-state index contributed by atoms with van der Waals surface area (Å²) in [6.45, 7) is 0. The molecule has 0 aromatic heterocycles. The van der Waals surface area contributed by atoms with Gasteiger partial charge in [0.05, 0.1) is 21.3 Å². The molecule has 7 heteroatoms. The number of aliphatic hydroxyl groups is 1. The van der Waals surface area contributed by atoms with Crippen LogP contribution in [0.2, 0.25) is 0 Å². The molecule has 1 aliphatic heterocycles. The Kier molecular flexibility index (Phi) is 4.41. The van der Waals surface area contributed by atoms with E-state index < -0.39 is 18.2 Å². The van der Waals surface area contributed by atoms with Crippen molar-refractivity contribution in [1.82, 2.24) is 0 Å². The number of hydrogen-bond donors (Lipinski definition) is 2. The first-order valence-electron chi connectivity index (χ1n) is 7.53. The predicted octanol–water partition coefficient (Wildman–Crippen LogP) is -0.0584. The van der Waals surface area contributed by atoms with E-state index in [0.717, 1.165) is 5.57 Å². The maximum atomic E-state index is 11.3. The molecule has 0 saturated heterocycles. The number of carboxylic acids is 1. The van der Waals surface area contributed by atoms with Crippen LogP contribution in [0.15, 0.2) is 30.4 Å². The largest absolute Gasteiger partial charge is 0.493 e. The quantitative estimate of drug-likeness (QED) is 0.771. The predicted molar refractivity (Wildman–Crippen MR) is 89.0 cm³/mol. The highest BCUT2D eigenvalue weighted by atomic mass is 16.5. The van der Waals surface area contributed by atoms with Crippen molar-refractivity contribution in [2.45, 2.75) is 12.2 Å². The van der Waals surface area contributed by atoms with Crippen LogP contribution in [0, 0.1) is 0 Å². The van der Waals surface area contributed by atoms with Gasteiger partial charge in [0.15, 0.2) is 11.5 Å². The fraction of sp³-hybridized carbons (Fsp3) is 0.278. The van der Waals surface area contributed by atoms with E-state index in [4.69, 9.17) is 18.9 Å². The fourth-order valence-electron chi connectivity index (χ4n) is 3.01. The first kappa shape index (κ1) is 16.9. The molecule has 1 aromatic rings. The monoisotopic (exact) mass is 346 g/mol. The van der Waals surface area contributed by atoms with Gasteiger partial charge in [-0.1, -0.05) is 18.2 Å². The molecule has 1 heterocycles. The zero-order valence-electron chi connectivity index (χ0n) is 14.0. The van der Waals surface area contributed by atoms with Crippen LogP contribution in [0.4, 0.5) is 0 Å². The maximum Gasteiger partial charge on any atom is 0.340 e. The van der Waals surface area contributed by atoms with Crippen LogP contribution >= 0.6 is 0 Å². The van der Waals surface area contributed by atoms with Crippen LogP contribution in [-0.2, 0) is 9.53 Å². The van der Waals surface area contributed by atoms with E-state index in [1.54, 1.807) is 18.2 Å². The molecule has 0 saturated carbocycles. The van der Waals surface area contributed by atoms with Gasteiger partial charge in [-0.25, -0.2) is 4.79 Å². The van der Waals surface area contributed by atoms with Gasteiger partial charge in [0, 0.05) is 16.0 Å². The molecule has 25 heavy (non-hydrogen) atoms. The van der Waals surface area contributed by atoms with Gasteiger partial charge in [0.25, 0.3) is 0 Å². The fourth-order valence-corrected chi connectivity index (χ4v) is 3.01. The first-order chi connectivity index (χ1) is 12.0. The van der Waals surface area contributed by atoms with Gasteiger partial charge in [-0.05, 0) is 12.1 Å². The highest BCUT2D eigenvalue weighted by Gasteiger charge is 2.32. The Balaban J connectivity index is 2.52. The molecule has 2 N–H and O–H groups in total. The summed E-state index contributed by atoms with van der Waals surface area (Å²) < 4.78 is 22.0. The highest BCUT2D eigenvalue weighted by molar-refractivity contribution is 5.84. The summed E-state index contributed by atoms with van der Waals surface area (Å²) in [5.74, 6) is -0.380. The van der Waals surface area contributed by atoms with Gasteiger partial charge in [-0.15, -0.1) is 0 Å². The minimum Gasteiger partial charge on any atom is -0.493 e. The Morgan fingerprint density at radius 3 is 2.48 bits per heavy atom. The van der Waals surface area contributed by atoms with Crippen molar-refractivity contribution < 1.29 is 34.0 Å². The number of fused-ring (bicyclic) bond motifs is 2. The molecule has 1 aromatic carbocycles. The lowest BCUT2D eigenvalue weighted by Crippen LogP contribution is -2.44. The third kappa shape index (κ3) is 2.62. The Hall–Kier alpha value is -2.93. The van der Waals surface area contributed by atoms with Crippen molar-refractivity contribution in [3.05, 3.63) is 40.8 Å². The number of benzene rings is 1. The molecule has 0 bridgehead atoms. The van der Waals surface area contributed by atoms with E-state index >= 15 is 0 Å². The second-order valence-corrected chi connectivity index (χ2v) is 5.41. The minimum atomic E-state index is -1.82. The lowest BCUT2D eigenvalue weighted by Gasteiger charge is -2.28.